The summed E-state index contributed by atoms with van der Waals surface area (Å²) in [4.78, 5) is 6.35. The molecule has 0 spiro atoms. The molecule has 1 aromatic rings. The van der Waals surface area contributed by atoms with Crippen molar-refractivity contribution < 1.29 is 17.9 Å². The second-order valence-corrected chi connectivity index (χ2v) is 5.67. The summed E-state index contributed by atoms with van der Waals surface area (Å²) in [5.41, 5.74) is 1.71. The molecule has 0 saturated carbocycles. The maximum Gasteiger partial charge on any atom is 0.411 e. The van der Waals surface area contributed by atoms with E-state index in [1.54, 1.807) is 19.2 Å². The van der Waals surface area contributed by atoms with Crippen molar-refractivity contribution in [3.05, 3.63) is 35.4 Å². The van der Waals surface area contributed by atoms with E-state index in [-0.39, 0.29) is 6.61 Å². The molecule has 0 saturated heterocycles. The third-order valence-corrected chi connectivity index (χ3v) is 3.57. The van der Waals surface area contributed by atoms with Crippen molar-refractivity contribution >= 4 is 5.96 Å². The highest BCUT2D eigenvalue weighted by molar-refractivity contribution is 5.79. The average molecular weight is 360 g/mol. The van der Waals surface area contributed by atoms with Gasteiger partial charge in [0.1, 0.15) is 6.61 Å². The van der Waals surface area contributed by atoms with Crippen molar-refractivity contribution in [1.29, 1.82) is 0 Å². The second-order valence-electron chi connectivity index (χ2n) is 5.67. The minimum Gasteiger partial charge on any atom is -0.367 e. The number of nitrogens with zero attached hydrogens (tertiary/aromatic N) is 2. The van der Waals surface area contributed by atoms with Crippen molar-refractivity contribution in [2.45, 2.75) is 26.3 Å². The highest BCUT2D eigenvalue weighted by atomic mass is 19.4. The number of rotatable bonds is 9. The van der Waals surface area contributed by atoms with Gasteiger partial charge in [-0.1, -0.05) is 31.2 Å². The molecular formula is C17H27F3N4O. The first-order valence-electron chi connectivity index (χ1n) is 8.19. The number of nitrogens with one attached hydrogen (secondary N) is 2. The third kappa shape index (κ3) is 9.93. The number of alkyl halides is 3. The molecule has 25 heavy (non-hydrogen) atoms. The number of hydrogen-bond acceptors (Lipinski definition) is 3. The Bertz CT molecular complexity index is 518. The fourth-order valence-electron chi connectivity index (χ4n) is 1.97. The molecule has 0 unspecified atom stereocenters. The van der Waals surface area contributed by atoms with Crippen molar-refractivity contribution in [1.82, 2.24) is 15.5 Å². The summed E-state index contributed by atoms with van der Waals surface area (Å²) in [6.07, 6.45) is -4.29. The number of aliphatic imine (C=N–C) groups is 1. The summed E-state index contributed by atoms with van der Waals surface area (Å²) < 4.78 is 40.7. The predicted molar refractivity (Wildman–Crippen MR) is 93.5 cm³/mol. The van der Waals surface area contributed by atoms with Crippen molar-refractivity contribution in [3.63, 3.8) is 0 Å². The Morgan fingerprint density at radius 3 is 2.36 bits per heavy atom. The predicted octanol–water partition coefficient (Wildman–Crippen LogP) is 2.38. The van der Waals surface area contributed by atoms with Crippen molar-refractivity contribution in [3.8, 4) is 0 Å². The SMILES string of the molecule is CCN(C)CCNC(=NC)NCc1ccc(COCC(F)(F)F)cc1. The van der Waals surface area contributed by atoms with Crippen LogP contribution in [0.25, 0.3) is 0 Å². The lowest BCUT2D eigenvalue weighted by molar-refractivity contribution is -0.176. The molecule has 0 aliphatic carbocycles. The summed E-state index contributed by atoms with van der Waals surface area (Å²) >= 11 is 0. The number of ether oxygens (including phenoxy) is 1. The first-order chi connectivity index (χ1) is 11.8. The van der Waals surface area contributed by atoms with Crippen LogP contribution in [0.5, 0.6) is 0 Å². The lowest BCUT2D eigenvalue weighted by Crippen LogP contribution is -2.40. The van der Waals surface area contributed by atoms with Gasteiger partial charge in [0.2, 0.25) is 0 Å². The highest BCUT2D eigenvalue weighted by Gasteiger charge is 2.27. The van der Waals surface area contributed by atoms with Gasteiger partial charge in [0.25, 0.3) is 0 Å². The van der Waals surface area contributed by atoms with Crippen LogP contribution in [0, 0.1) is 0 Å². The Kier molecular flexibility index (Phi) is 9.30. The lowest BCUT2D eigenvalue weighted by atomic mass is 10.1. The Morgan fingerprint density at radius 1 is 1.16 bits per heavy atom. The Labute approximate surface area is 147 Å². The summed E-state index contributed by atoms with van der Waals surface area (Å²) in [6.45, 7) is 4.10. The van der Waals surface area contributed by atoms with E-state index in [0.29, 0.717) is 18.1 Å². The average Bonchev–Trinajstić information content (AvgIpc) is 2.57. The molecule has 142 valence electrons. The van der Waals surface area contributed by atoms with Gasteiger partial charge in [-0.2, -0.15) is 13.2 Å². The Hall–Kier alpha value is -1.80. The third-order valence-electron chi connectivity index (χ3n) is 3.57. The van der Waals surface area contributed by atoms with E-state index in [0.717, 1.165) is 25.2 Å². The van der Waals surface area contributed by atoms with E-state index in [1.807, 2.05) is 12.1 Å². The minimum absolute atomic E-state index is 0.0542. The van der Waals surface area contributed by atoms with Crippen LogP contribution in [0.4, 0.5) is 13.2 Å². The van der Waals surface area contributed by atoms with Crippen LogP contribution in [0.2, 0.25) is 0 Å². The summed E-state index contributed by atoms with van der Waals surface area (Å²) in [6, 6.07) is 7.24. The molecule has 2 N–H and O–H groups in total. The van der Waals surface area contributed by atoms with Gasteiger partial charge in [0.05, 0.1) is 6.61 Å². The molecule has 0 fully saturated rings. The van der Waals surface area contributed by atoms with Gasteiger partial charge in [0, 0.05) is 26.7 Å². The van der Waals surface area contributed by atoms with Gasteiger partial charge in [0.15, 0.2) is 5.96 Å². The molecule has 0 bridgehead atoms. The van der Waals surface area contributed by atoms with Crippen LogP contribution in [-0.4, -0.2) is 57.4 Å². The van der Waals surface area contributed by atoms with Crippen LogP contribution in [0.15, 0.2) is 29.3 Å². The topological polar surface area (TPSA) is 48.9 Å². The van der Waals surface area contributed by atoms with E-state index in [1.165, 1.54) is 0 Å². The highest BCUT2D eigenvalue weighted by Crippen LogP contribution is 2.15. The van der Waals surface area contributed by atoms with Gasteiger partial charge in [-0.05, 0) is 24.7 Å². The molecule has 0 aromatic heterocycles. The summed E-state index contributed by atoms with van der Waals surface area (Å²) in [5, 5.41) is 6.43. The van der Waals surface area contributed by atoms with Crippen LogP contribution >= 0.6 is 0 Å². The molecule has 0 aliphatic rings. The molecule has 0 radical (unpaired) electrons. The van der Waals surface area contributed by atoms with E-state index in [2.05, 4.69) is 39.2 Å². The first-order valence-corrected chi connectivity index (χ1v) is 8.19. The minimum atomic E-state index is -4.29. The normalized spacial score (nSPS) is 12.5. The Morgan fingerprint density at radius 2 is 1.80 bits per heavy atom. The van der Waals surface area contributed by atoms with Gasteiger partial charge in [-0.15, -0.1) is 0 Å². The molecular weight excluding hydrogens is 333 g/mol. The second kappa shape index (κ2) is 10.9. The zero-order valence-corrected chi connectivity index (χ0v) is 15.0. The molecule has 0 aliphatic heterocycles. The van der Waals surface area contributed by atoms with Crippen LogP contribution in [0.1, 0.15) is 18.1 Å². The van der Waals surface area contributed by atoms with E-state index < -0.39 is 12.8 Å². The smallest absolute Gasteiger partial charge is 0.367 e. The monoisotopic (exact) mass is 360 g/mol. The van der Waals surface area contributed by atoms with E-state index in [9.17, 15) is 13.2 Å². The zero-order valence-electron chi connectivity index (χ0n) is 15.0. The van der Waals surface area contributed by atoms with Gasteiger partial charge in [-0.3, -0.25) is 4.99 Å². The molecule has 0 heterocycles. The fourth-order valence-corrected chi connectivity index (χ4v) is 1.97. The summed E-state index contributed by atoms with van der Waals surface area (Å²) in [7, 11) is 3.76. The van der Waals surface area contributed by atoms with Crippen LogP contribution < -0.4 is 10.6 Å². The standard InChI is InChI=1S/C17H27F3N4O/c1-4-24(3)10-9-22-16(21-2)23-11-14-5-7-15(8-6-14)12-25-13-17(18,19)20/h5-8H,4,9-13H2,1-3H3,(H2,21,22,23). The lowest BCUT2D eigenvalue weighted by Gasteiger charge is -2.16. The van der Waals surface area contributed by atoms with Gasteiger partial charge in [-0.25, -0.2) is 0 Å². The fraction of sp³-hybridized carbons (Fsp3) is 0.588. The number of hydrogen-bond donors (Lipinski definition) is 2. The largest absolute Gasteiger partial charge is 0.411 e. The zero-order chi connectivity index (χ0) is 18.7. The van der Waals surface area contributed by atoms with Crippen molar-refractivity contribution in [2.24, 2.45) is 4.99 Å². The van der Waals surface area contributed by atoms with E-state index in [4.69, 9.17) is 0 Å². The first kappa shape index (κ1) is 21.2. The quantitative estimate of drug-likeness (QED) is 0.524. The molecule has 0 amide bonds. The van der Waals surface area contributed by atoms with E-state index >= 15 is 0 Å². The maximum atomic E-state index is 12.0. The molecule has 1 rings (SSSR count). The van der Waals surface area contributed by atoms with Gasteiger partial charge < -0.3 is 20.3 Å². The molecule has 8 heteroatoms. The van der Waals surface area contributed by atoms with Gasteiger partial charge >= 0.3 is 6.18 Å². The maximum absolute atomic E-state index is 12.0. The van der Waals surface area contributed by atoms with Crippen LogP contribution in [-0.2, 0) is 17.9 Å². The molecule has 1 aromatic carbocycles. The summed E-state index contributed by atoms with van der Waals surface area (Å²) in [5.74, 6) is 0.710. The number of benzene rings is 1. The molecule has 0 atom stereocenters. The number of likely N-dealkylation sites (N-methyl/N-ethyl adjacent to an activating group) is 1. The number of halogens is 3. The number of guanidine groups is 1. The van der Waals surface area contributed by atoms with Crippen LogP contribution in [0.3, 0.4) is 0 Å². The van der Waals surface area contributed by atoms with Crippen molar-refractivity contribution in [2.75, 3.05) is 40.3 Å². The molecule has 5 nitrogen and oxygen atoms in total. The Balaban J connectivity index is 2.34.